The Morgan fingerprint density at radius 1 is 0.872 bits per heavy atom. The Kier molecular flexibility index (Phi) is 11.9. The van der Waals surface area contributed by atoms with Gasteiger partial charge in [-0.05, 0) is 35.7 Å². The van der Waals surface area contributed by atoms with Crippen LogP contribution in [0.2, 0.25) is 10.0 Å². The molecule has 0 fully saturated rings. The largest absolute Gasteiger partial charge is 0.481 e. The third-order valence-corrected chi connectivity index (χ3v) is 7.71. The highest BCUT2D eigenvalue weighted by molar-refractivity contribution is 6.39. The van der Waals surface area contributed by atoms with Crippen LogP contribution in [-0.2, 0) is 20.9 Å². The summed E-state index contributed by atoms with van der Waals surface area (Å²) in [6.45, 7) is 2.97. The smallest absolute Gasteiger partial charge is 0.305 e. The highest BCUT2D eigenvalue weighted by Crippen LogP contribution is 2.34. The minimum atomic E-state index is -1.58. The number of hydrogen-bond acceptors (Lipinski definition) is 7. The lowest BCUT2D eigenvalue weighted by Crippen LogP contribution is -2.54. The molecule has 0 unspecified atom stereocenters. The number of carboxylic acid groups (broad SMARTS) is 1. The second-order valence-electron chi connectivity index (χ2n) is 11.0. The standard InChI is InChI=1S/C34H32Cl2N4O7/c1-20(2)30(39-32(45)22-12-7-4-8-13-22)34(46)40(17-21-10-5-3-6-11-21)18-27(41)37-25(16-28(42)43)31(44)33-38-26(19-47-33)29-23(35)14-9-15-24(29)36/h3-15,19-20,25,30H,16-18H2,1-2H3,(H,37,41)(H,39,45)(H,42,43)/t25-,30-/m0/s1. The number of aliphatic carboxylic acids is 1. The Morgan fingerprint density at radius 2 is 1.49 bits per heavy atom. The molecule has 0 saturated heterocycles. The van der Waals surface area contributed by atoms with Gasteiger partial charge in [0, 0.05) is 17.7 Å². The molecular formula is C34H32Cl2N4O7. The predicted octanol–water partition coefficient (Wildman–Crippen LogP) is 5.27. The fourth-order valence-corrected chi connectivity index (χ4v) is 5.32. The number of hydrogen-bond donors (Lipinski definition) is 3. The van der Waals surface area contributed by atoms with Crippen LogP contribution >= 0.6 is 23.2 Å². The maximum Gasteiger partial charge on any atom is 0.305 e. The summed E-state index contributed by atoms with van der Waals surface area (Å²) < 4.78 is 5.34. The van der Waals surface area contributed by atoms with E-state index in [0.29, 0.717) is 16.7 Å². The SMILES string of the molecule is CC(C)[C@H](NC(=O)c1ccccc1)C(=O)N(CC(=O)N[C@@H](CC(=O)O)C(=O)c1nc(-c2c(Cl)cccc2Cl)co1)Cc1ccccc1. The highest BCUT2D eigenvalue weighted by atomic mass is 35.5. The number of nitrogens with one attached hydrogen (secondary N) is 2. The molecular weight excluding hydrogens is 647 g/mol. The van der Waals surface area contributed by atoms with Crippen LogP contribution in [0.15, 0.2) is 89.5 Å². The van der Waals surface area contributed by atoms with Gasteiger partial charge in [-0.1, -0.05) is 91.6 Å². The second kappa shape index (κ2) is 16.0. The van der Waals surface area contributed by atoms with Gasteiger partial charge in [0.25, 0.3) is 11.8 Å². The van der Waals surface area contributed by atoms with Gasteiger partial charge in [-0.15, -0.1) is 0 Å². The quantitative estimate of drug-likeness (QED) is 0.152. The van der Waals surface area contributed by atoms with Crippen molar-refractivity contribution in [3.05, 3.63) is 112 Å². The van der Waals surface area contributed by atoms with Crippen molar-refractivity contribution in [2.24, 2.45) is 5.92 Å². The maximum atomic E-state index is 13.9. The molecule has 0 spiro atoms. The van der Waals surface area contributed by atoms with Gasteiger partial charge < -0.3 is 25.1 Å². The number of amides is 3. The van der Waals surface area contributed by atoms with Crippen molar-refractivity contribution in [2.45, 2.75) is 38.9 Å². The number of nitrogens with zero attached hydrogens (tertiary/aromatic N) is 2. The number of benzene rings is 3. The van der Waals surface area contributed by atoms with Gasteiger partial charge in [-0.25, -0.2) is 4.98 Å². The van der Waals surface area contributed by atoms with Gasteiger partial charge in [-0.3, -0.25) is 24.0 Å². The predicted molar refractivity (Wildman–Crippen MR) is 175 cm³/mol. The normalized spacial score (nSPS) is 12.2. The molecule has 47 heavy (non-hydrogen) atoms. The van der Waals surface area contributed by atoms with Crippen LogP contribution in [0.1, 0.15) is 46.9 Å². The van der Waals surface area contributed by atoms with Gasteiger partial charge in [0.2, 0.25) is 17.6 Å². The number of halogens is 2. The Morgan fingerprint density at radius 3 is 2.09 bits per heavy atom. The highest BCUT2D eigenvalue weighted by Gasteiger charge is 2.33. The van der Waals surface area contributed by atoms with E-state index >= 15 is 0 Å². The van der Waals surface area contributed by atoms with Crippen molar-refractivity contribution >= 4 is 52.7 Å². The zero-order valence-corrected chi connectivity index (χ0v) is 27.0. The molecule has 3 N–H and O–H groups in total. The molecule has 2 atom stereocenters. The first-order chi connectivity index (χ1) is 22.4. The fourth-order valence-electron chi connectivity index (χ4n) is 4.73. The summed E-state index contributed by atoms with van der Waals surface area (Å²) in [5, 5.41) is 15.2. The summed E-state index contributed by atoms with van der Waals surface area (Å²) in [6.07, 6.45) is 0.361. The van der Waals surface area contributed by atoms with E-state index < -0.39 is 60.4 Å². The number of aromatic nitrogens is 1. The van der Waals surface area contributed by atoms with Crippen molar-refractivity contribution in [1.82, 2.24) is 20.5 Å². The Balaban J connectivity index is 1.56. The lowest BCUT2D eigenvalue weighted by Gasteiger charge is -2.30. The fraction of sp³-hybridized carbons (Fsp3) is 0.235. The summed E-state index contributed by atoms with van der Waals surface area (Å²) in [5.74, 6) is -4.93. The molecule has 0 bridgehead atoms. The van der Waals surface area contributed by atoms with E-state index in [1.165, 1.54) is 4.90 Å². The van der Waals surface area contributed by atoms with E-state index in [0.717, 1.165) is 6.26 Å². The summed E-state index contributed by atoms with van der Waals surface area (Å²) in [6, 6.07) is 19.5. The number of carbonyl (C=O) groups excluding carboxylic acids is 4. The van der Waals surface area contributed by atoms with Crippen molar-refractivity contribution in [2.75, 3.05) is 6.54 Å². The van der Waals surface area contributed by atoms with Crippen molar-refractivity contribution < 1.29 is 33.5 Å². The Labute approximate surface area is 280 Å². The molecule has 11 nitrogen and oxygen atoms in total. The zero-order chi connectivity index (χ0) is 34.1. The minimum Gasteiger partial charge on any atom is -0.481 e. The van der Waals surface area contributed by atoms with Crippen LogP contribution in [0.4, 0.5) is 0 Å². The number of carbonyl (C=O) groups is 5. The molecule has 3 amide bonds. The molecule has 0 aliphatic carbocycles. The van der Waals surface area contributed by atoms with Crippen LogP contribution in [0, 0.1) is 5.92 Å². The summed E-state index contributed by atoms with van der Waals surface area (Å²) >= 11 is 12.5. The van der Waals surface area contributed by atoms with Crippen molar-refractivity contribution in [3.8, 4) is 11.3 Å². The number of ketones is 1. The average Bonchev–Trinajstić information content (AvgIpc) is 3.52. The van der Waals surface area contributed by atoms with Crippen LogP contribution in [0.25, 0.3) is 11.3 Å². The van der Waals surface area contributed by atoms with Crippen molar-refractivity contribution in [3.63, 3.8) is 0 Å². The number of rotatable bonds is 14. The first-order valence-corrected chi connectivity index (χ1v) is 15.3. The molecule has 0 aliphatic heterocycles. The zero-order valence-electron chi connectivity index (χ0n) is 25.5. The van der Waals surface area contributed by atoms with Gasteiger partial charge in [0.05, 0.1) is 23.0 Å². The lowest BCUT2D eigenvalue weighted by atomic mass is 10.0. The van der Waals surface area contributed by atoms with Crippen LogP contribution in [0.3, 0.4) is 0 Å². The molecule has 3 aromatic carbocycles. The average molecular weight is 680 g/mol. The summed E-state index contributed by atoms with van der Waals surface area (Å²) in [4.78, 5) is 70.8. The number of carboxylic acids is 1. The molecule has 0 saturated carbocycles. The Bertz CT molecular complexity index is 1730. The summed E-state index contributed by atoms with van der Waals surface area (Å²) in [5.41, 5.74) is 1.52. The first kappa shape index (κ1) is 34.9. The minimum absolute atomic E-state index is 0.00322. The monoisotopic (exact) mass is 678 g/mol. The molecule has 13 heteroatoms. The van der Waals surface area contributed by atoms with Crippen LogP contribution in [-0.4, -0.2) is 63.1 Å². The van der Waals surface area contributed by atoms with E-state index in [9.17, 15) is 29.1 Å². The van der Waals surface area contributed by atoms with Crippen molar-refractivity contribution in [1.29, 1.82) is 0 Å². The maximum absolute atomic E-state index is 13.9. The van der Waals surface area contributed by atoms with Gasteiger partial charge >= 0.3 is 5.97 Å². The molecule has 0 radical (unpaired) electrons. The van der Waals surface area contributed by atoms with E-state index in [-0.39, 0.29) is 28.2 Å². The number of Topliss-reactive ketones (excluding diaryl/α,β-unsaturated/α-hetero) is 1. The van der Waals surface area contributed by atoms with E-state index in [1.807, 2.05) is 0 Å². The molecule has 244 valence electrons. The molecule has 4 aromatic rings. The van der Waals surface area contributed by atoms with E-state index in [4.69, 9.17) is 27.6 Å². The van der Waals surface area contributed by atoms with Gasteiger partial charge in [0.1, 0.15) is 24.0 Å². The molecule has 1 aromatic heterocycles. The second-order valence-corrected chi connectivity index (χ2v) is 11.8. The van der Waals surface area contributed by atoms with E-state index in [1.54, 1.807) is 92.7 Å². The van der Waals surface area contributed by atoms with Gasteiger partial charge in [0.15, 0.2) is 0 Å². The molecule has 4 rings (SSSR count). The van der Waals surface area contributed by atoms with Crippen LogP contribution in [0.5, 0.6) is 0 Å². The van der Waals surface area contributed by atoms with Crippen LogP contribution < -0.4 is 10.6 Å². The first-order valence-electron chi connectivity index (χ1n) is 14.6. The third-order valence-electron chi connectivity index (χ3n) is 7.08. The van der Waals surface area contributed by atoms with E-state index in [2.05, 4.69) is 15.6 Å². The van der Waals surface area contributed by atoms with Gasteiger partial charge in [-0.2, -0.15) is 0 Å². The Hall–Kier alpha value is -5.00. The topological polar surface area (TPSA) is 159 Å². The lowest BCUT2D eigenvalue weighted by molar-refractivity contribution is -0.140. The summed E-state index contributed by atoms with van der Waals surface area (Å²) in [7, 11) is 0. The number of oxazole rings is 1. The third kappa shape index (κ3) is 9.27. The molecule has 1 heterocycles. The molecule has 0 aliphatic rings.